The molecular formula is C16H21Cl2NO4. The van der Waals surface area contributed by atoms with Gasteiger partial charge in [0.2, 0.25) is 0 Å². The highest BCUT2D eigenvalue weighted by atomic mass is 35.5. The largest absolute Gasteiger partial charge is 0.444 e. The first-order chi connectivity index (χ1) is 10.6. The van der Waals surface area contributed by atoms with Crippen molar-refractivity contribution < 1.29 is 19.1 Å². The summed E-state index contributed by atoms with van der Waals surface area (Å²) in [5, 5.41) is 3.13. The number of carbonyl (C=O) groups excluding carboxylic acids is 2. The molecule has 0 heterocycles. The lowest BCUT2D eigenvalue weighted by Crippen LogP contribution is -2.42. The van der Waals surface area contributed by atoms with Crippen LogP contribution in [0, 0.1) is 0 Å². The summed E-state index contributed by atoms with van der Waals surface area (Å²) in [4.78, 5) is 24.2. The van der Waals surface area contributed by atoms with Crippen LogP contribution in [0.3, 0.4) is 0 Å². The molecule has 0 radical (unpaired) electrons. The number of halogens is 2. The lowest BCUT2D eigenvalue weighted by Gasteiger charge is -2.23. The monoisotopic (exact) mass is 361 g/mol. The number of amides is 1. The summed E-state index contributed by atoms with van der Waals surface area (Å²) in [6, 6.07) is 4.31. The van der Waals surface area contributed by atoms with E-state index in [0.717, 1.165) is 0 Å². The van der Waals surface area contributed by atoms with Crippen molar-refractivity contribution in [2.45, 2.75) is 38.8 Å². The van der Waals surface area contributed by atoms with Crippen molar-refractivity contribution in [1.82, 2.24) is 5.32 Å². The Bertz CT molecular complexity index is 570. The van der Waals surface area contributed by atoms with Gasteiger partial charge in [-0.15, -0.1) is 0 Å². The molecule has 1 N–H and O–H groups in total. The summed E-state index contributed by atoms with van der Waals surface area (Å²) in [6.07, 6.45) is -0.586. The number of rotatable bonds is 6. The molecule has 0 aliphatic carbocycles. The molecule has 5 nitrogen and oxygen atoms in total. The van der Waals surface area contributed by atoms with Gasteiger partial charge in [-0.3, -0.25) is 4.79 Å². The first-order valence-corrected chi connectivity index (χ1v) is 7.85. The quantitative estimate of drug-likeness (QED) is 0.774. The molecule has 1 atom stereocenters. The van der Waals surface area contributed by atoms with Crippen LogP contribution in [-0.2, 0) is 9.47 Å². The molecule has 0 saturated heterocycles. The van der Waals surface area contributed by atoms with Gasteiger partial charge in [-0.05, 0) is 32.9 Å². The van der Waals surface area contributed by atoms with Gasteiger partial charge in [-0.2, -0.15) is 0 Å². The van der Waals surface area contributed by atoms with Crippen molar-refractivity contribution in [3.05, 3.63) is 33.8 Å². The van der Waals surface area contributed by atoms with Gasteiger partial charge in [-0.25, -0.2) is 4.79 Å². The predicted octanol–water partition coefficient (Wildman–Crippen LogP) is 4.11. The van der Waals surface area contributed by atoms with Crippen LogP contribution in [0.4, 0.5) is 4.79 Å². The molecule has 1 aromatic rings. The van der Waals surface area contributed by atoms with Crippen molar-refractivity contribution in [3.8, 4) is 0 Å². The minimum atomic E-state index is -0.623. The van der Waals surface area contributed by atoms with E-state index < -0.39 is 17.7 Å². The Labute approximate surface area is 146 Å². The van der Waals surface area contributed by atoms with Crippen LogP contribution in [0.15, 0.2) is 18.2 Å². The maximum atomic E-state index is 12.4. The van der Waals surface area contributed by atoms with Gasteiger partial charge in [-0.1, -0.05) is 29.3 Å². The maximum Gasteiger partial charge on any atom is 0.407 e. The van der Waals surface area contributed by atoms with Gasteiger partial charge in [0.15, 0.2) is 5.78 Å². The third kappa shape index (κ3) is 6.77. The second kappa shape index (κ2) is 8.52. The molecule has 128 valence electrons. The van der Waals surface area contributed by atoms with E-state index in [4.69, 9.17) is 32.7 Å². The van der Waals surface area contributed by atoms with Gasteiger partial charge in [0.25, 0.3) is 0 Å². The normalized spacial score (nSPS) is 12.6. The second-order valence-electron chi connectivity index (χ2n) is 6.03. The van der Waals surface area contributed by atoms with Crippen molar-refractivity contribution in [2.24, 2.45) is 0 Å². The first kappa shape index (κ1) is 19.7. The molecule has 0 aliphatic rings. The Morgan fingerprint density at radius 2 is 1.91 bits per heavy atom. The first-order valence-electron chi connectivity index (χ1n) is 7.09. The average Bonchev–Trinajstić information content (AvgIpc) is 2.39. The summed E-state index contributed by atoms with van der Waals surface area (Å²) < 4.78 is 10.2. The van der Waals surface area contributed by atoms with Crippen LogP contribution < -0.4 is 5.32 Å². The van der Waals surface area contributed by atoms with Crippen LogP contribution >= 0.6 is 23.2 Å². The fourth-order valence-electron chi connectivity index (χ4n) is 1.88. The zero-order valence-electron chi connectivity index (χ0n) is 13.6. The van der Waals surface area contributed by atoms with Crippen molar-refractivity contribution in [2.75, 3.05) is 13.7 Å². The highest BCUT2D eigenvalue weighted by Gasteiger charge is 2.23. The minimum absolute atomic E-state index is 0.0210. The van der Waals surface area contributed by atoms with Gasteiger partial charge in [0.1, 0.15) is 5.60 Å². The number of carbonyl (C=O) groups is 2. The second-order valence-corrected chi connectivity index (χ2v) is 6.81. The minimum Gasteiger partial charge on any atom is -0.444 e. The number of ketones is 1. The van der Waals surface area contributed by atoms with E-state index in [1.807, 2.05) is 0 Å². The molecule has 0 aromatic heterocycles. The summed E-state index contributed by atoms with van der Waals surface area (Å²) >= 11 is 12.0. The molecule has 0 spiro atoms. The zero-order chi connectivity index (χ0) is 17.6. The van der Waals surface area contributed by atoms with E-state index in [9.17, 15) is 9.59 Å². The van der Waals surface area contributed by atoms with Crippen molar-refractivity contribution in [1.29, 1.82) is 0 Å². The van der Waals surface area contributed by atoms with Crippen LogP contribution in [0.5, 0.6) is 0 Å². The van der Waals surface area contributed by atoms with Crippen LogP contribution in [0.2, 0.25) is 10.0 Å². The Kier molecular flexibility index (Phi) is 7.32. The lowest BCUT2D eigenvalue weighted by atomic mass is 10.0. The number of alkyl carbamates (subject to hydrolysis) is 1. The van der Waals surface area contributed by atoms with Crippen LogP contribution in [-0.4, -0.2) is 37.2 Å². The average molecular weight is 362 g/mol. The molecule has 0 saturated carbocycles. The van der Waals surface area contributed by atoms with E-state index in [1.54, 1.807) is 39.0 Å². The van der Waals surface area contributed by atoms with E-state index in [2.05, 4.69) is 5.32 Å². The zero-order valence-corrected chi connectivity index (χ0v) is 15.1. The fourth-order valence-corrected chi connectivity index (χ4v) is 2.29. The fraction of sp³-hybridized carbons (Fsp3) is 0.500. The van der Waals surface area contributed by atoms with Gasteiger partial charge in [0, 0.05) is 19.1 Å². The highest BCUT2D eigenvalue weighted by molar-refractivity contribution is 6.43. The topological polar surface area (TPSA) is 64.6 Å². The summed E-state index contributed by atoms with van der Waals surface area (Å²) in [6.45, 7) is 5.45. The van der Waals surface area contributed by atoms with Gasteiger partial charge >= 0.3 is 6.09 Å². The summed E-state index contributed by atoms with van der Waals surface area (Å²) in [5.41, 5.74) is -0.312. The Morgan fingerprint density at radius 1 is 1.26 bits per heavy atom. The van der Waals surface area contributed by atoms with Crippen molar-refractivity contribution in [3.63, 3.8) is 0 Å². The Balaban J connectivity index is 2.77. The number of nitrogens with one attached hydrogen (secondary N) is 1. The molecule has 23 heavy (non-hydrogen) atoms. The number of benzene rings is 1. The Morgan fingerprint density at radius 3 is 2.48 bits per heavy atom. The molecule has 0 fully saturated rings. The maximum absolute atomic E-state index is 12.4. The molecular weight excluding hydrogens is 341 g/mol. The van der Waals surface area contributed by atoms with Gasteiger partial charge in [0.05, 0.1) is 22.7 Å². The number of hydrogen-bond acceptors (Lipinski definition) is 4. The van der Waals surface area contributed by atoms with E-state index in [1.165, 1.54) is 7.11 Å². The predicted molar refractivity (Wildman–Crippen MR) is 90.4 cm³/mol. The molecule has 1 aromatic carbocycles. The van der Waals surface area contributed by atoms with E-state index in [-0.39, 0.29) is 23.8 Å². The molecule has 1 rings (SSSR count). The van der Waals surface area contributed by atoms with Crippen molar-refractivity contribution >= 4 is 35.1 Å². The smallest absolute Gasteiger partial charge is 0.407 e. The van der Waals surface area contributed by atoms with E-state index >= 15 is 0 Å². The summed E-state index contributed by atoms with van der Waals surface area (Å²) in [7, 11) is 1.49. The van der Waals surface area contributed by atoms with Gasteiger partial charge < -0.3 is 14.8 Å². The molecule has 7 heteroatoms. The highest BCUT2D eigenvalue weighted by Crippen LogP contribution is 2.26. The molecule has 1 unspecified atom stereocenters. The number of Topliss-reactive ketones (excluding diaryl/α,β-unsaturated/α-hetero) is 1. The number of hydrogen-bond donors (Lipinski definition) is 1. The third-order valence-electron chi connectivity index (χ3n) is 2.77. The molecule has 0 aliphatic heterocycles. The van der Waals surface area contributed by atoms with Crippen LogP contribution in [0.1, 0.15) is 37.6 Å². The lowest BCUT2D eigenvalue weighted by molar-refractivity contribution is 0.0464. The van der Waals surface area contributed by atoms with Crippen LogP contribution in [0.25, 0.3) is 0 Å². The molecule has 0 bridgehead atoms. The number of methoxy groups -OCH3 is 1. The SMILES string of the molecule is COCC(CC(=O)c1cccc(Cl)c1Cl)NC(=O)OC(C)(C)C. The Hall–Kier alpha value is -1.30. The third-order valence-corrected chi connectivity index (χ3v) is 3.59. The number of ether oxygens (including phenoxy) is 2. The standard InChI is InChI=1S/C16H21Cl2NO4/c1-16(2,3)23-15(21)19-10(9-22-4)8-13(20)11-6-5-7-12(17)14(11)18/h5-7,10H,8-9H2,1-4H3,(H,19,21). The molecule has 1 amide bonds. The summed E-state index contributed by atoms with van der Waals surface area (Å²) in [5.74, 6) is -0.240. The van der Waals surface area contributed by atoms with E-state index in [0.29, 0.717) is 10.6 Å².